The summed E-state index contributed by atoms with van der Waals surface area (Å²) in [6, 6.07) is 1.97. The van der Waals surface area contributed by atoms with Crippen LogP contribution in [0.2, 0.25) is 0 Å². The summed E-state index contributed by atoms with van der Waals surface area (Å²) in [4.78, 5) is 22.4. The molecule has 0 saturated carbocycles. The Balaban J connectivity index is 2.56. The smallest absolute Gasteiger partial charge is 0.247 e. The van der Waals surface area contributed by atoms with Gasteiger partial charge in [0.15, 0.2) is 0 Å². The van der Waals surface area contributed by atoms with E-state index >= 15 is 0 Å². The largest absolute Gasteiger partial charge is 0.294 e. The average molecular weight is 318 g/mol. The molecule has 1 aliphatic heterocycles. The minimum absolute atomic E-state index is 0.422. The van der Waals surface area contributed by atoms with Crippen molar-refractivity contribution in [3.63, 3.8) is 0 Å². The molecule has 0 spiro atoms. The zero-order valence-electron chi connectivity index (χ0n) is 11.2. The van der Waals surface area contributed by atoms with Gasteiger partial charge in [-0.2, -0.15) is 4.31 Å². The van der Waals surface area contributed by atoms with Crippen molar-refractivity contribution in [2.45, 2.75) is 24.3 Å². The van der Waals surface area contributed by atoms with E-state index in [-0.39, 0.29) is 0 Å². The molecular weight excluding hydrogens is 306 g/mol. The number of halogens is 2. The van der Waals surface area contributed by atoms with Gasteiger partial charge in [-0.25, -0.2) is 17.2 Å². The third-order valence-corrected chi connectivity index (χ3v) is 5.23. The van der Waals surface area contributed by atoms with Gasteiger partial charge in [-0.05, 0) is 26.0 Å². The Labute approximate surface area is 119 Å². The van der Waals surface area contributed by atoms with E-state index in [0.29, 0.717) is 10.4 Å². The van der Waals surface area contributed by atoms with E-state index in [2.05, 4.69) is 0 Å². The summed E-state index contributed by atoms with van der Waals surface area (Å²) < 4.78 is 52.1. The summed E-state index contributed by atoms with van der Waals surface area (Å²) in [6.45, 7) is 1.94. The highest BCUT2D eigenvalue weighted by Crippen LogP contribution is 2.28. The number of piperazine rings is 1. The molecule has 0 radical (unpaired) electrons. The van der Waals surface area contributed by atoms with Gasteiger partial charge in [-0.3, -0.25) is 14.9 Å². The first kappa shape index (κ1) is 15.5. The van der Waals surface area contributed by atoms with E-state index in [1.807, 2.05) is 5.32 Å². The summed E-state index contributed by atoms with van der Waals surface area (Å²) >= 11 is 0. The number of carbonyl (C=O) groups excluding carboxylic acids is 2. The normalized spacial score (nSPS) is 19.4. The summed E-state index contributed by atoms with van der Waals surface area (Å²) in [7, 11) is -4.47. The first-order valence-corrected chi connectivity index (χ1v) is 7.33. The van der Waals surface area contributed by atoms with Gasteiger partial charge in [-0.1, -0.05) is 0 Å². The van der Waals surface area contributed by atoms with Crippen molar-refractivity contribution in [2.24, 2.45) is 0 Å². The second-order valence-electron chi connectivity index (χ2n) is 5.02. The van der Waals surface area contributed by atoms with Crippen LogP contribution in [-0.2, 0) is 19.6 Å². The number of amides is 2. The fourth-order valence-corrected chi connectivity index (χ4v) is 3.70. The molecule has 0 aliphatic carbocycles. The third kappa shape index (κ3) is 2.54. The molecule has 1 aromatic rings. The topological polar surface area (TPSA) is 83.6 Å². The molecule has 2 rings (SSSR count). The van der Waals surface area contributed by atoms with Crippen molar-refractivity contribution in [3.8, 4) is 0 Å². The highest BCUT2D eigenvalue weighted by atomic mass is 32.2. The first-order chi connectivity index (χ1) is 9.56. The van der Waals surface area contributed by atoms with Crippen LogP contribution in [0.25, 0.3) is 0 Å². The molecule has 6 nitrogen and oxygen atoms in total. The van der Waals surface area contributed by atoms with Gasteiger partial charge < -0.3 is 0 Å². The molecule has 2 amide bonds. The van der Waals surface area contributed by atoms with Crippen LogP contribution in [0.3, 0.4) is 0 Å². The van der Waals surface area contributed by atoms with Crippen molar-refractivity contribution in [2.75, 3.05) is 6.54 Å². The third-order valence-electron chi connectivity index (χ3n) is 3.18. The molecule has 1 saturated heterocycles. The number of benzene rings is 1. The van der Waals surface area contributed by atoms with Gasteiger partial charge in [0.2, 0.25) is 21.8 Å². The monoisotopic (exact) mass is 318 g/mol. The van der Waals surface area contributed by atoms with Gasteiger partial charge in [-0.15, -0.1) is 0 Å². The lowest BCUT2D eigenvalue weighted by Gasteiger charge is -2.38. The maximum atomic E-state index is 13.7. The van der Waals surface area contributed by atoms with Crippen LogP contribution in [0.4, 0.5) is 8.78 Å². The van der Waals surface area contributed by atoms with E-state index in [0.717, 1.165) is 12.1 Å². The minimum atomic E-state index is -4.47. The lowest BCUT2D eigenvalue weighted by Crippen LogP contribution is -2.65. The average Bonchev–Trinajstić information content (AvgIpc) is 2.33. The highest BCUT2D eigenvalue weighted by Gasteiger charge is 2.48. The summed E-state index contributed by atoms with van der Waals surface area (Å²) in [5.41, 5.74) is -1.58. The second-order valence-corrected chi connectivity index (χ2v) is 6.85. The fourth-order valence-electron chi connectivity index (χ4n) is 1.95. The maximum Gasteiger partial charge on any atom is 0.247 e. The van der Waals surface area contributed by atoms with Crippen molar-refractivity contribution in [1.82, 2.24) is 9.62 Å². The second kappa shape index (κ2) is 4.85. The van der Waals surface area contributed by atoms with E-state index in [4.69, 9.17) is 0 Å². The summed E-state index contributed by atoms with van der Waals surface area (Å²) in [5, 5.41) is 2.01. The lowest BCUT2D eigenvalue weighted by molar-refractivity contribution is -0.141. The Bertz CT molecular complexity index is 731. The van der Waals surface area contributed by atoms with Crippen molar-refractivity contribution >= 4 is 21.8 Å². The van der Waals surface area contributed by atoms with Gasteiger partial charge in [0, 0.05) is 6.07 Å². The molecule has 1 aromatic carbocycles. The molecule has 1 fully saturated rings. The van der Waals surface area contributed by atoms with Crippen LogP contribution in [0.5, 0.6) is 0 Å². The zero-order valence-corrected chi connectivity index (χ0v) is 12.0. The Morgan fingerprint density at radius 3 is 2.43 bits per heavy atom. The Kier molecular flexibility index (Phi) is 3.58. The van der Waals surface area contributed by atoms with Crippen molar-refractivity contribution in [1.29, 1.82) is 0 Å². The van der Waals surface area contributed by atoms with Gasteiger partial charge >= 0.3 is 0 Å². The number of nitrogens with zero attached hydrogens (tertiary/aromatic N) is 1. The van der Waals surface area contributed by atoms with Gasteiger partial charge in [0.25, 0.3) is 0 Å². The Morgan fingerprint density at radius 2 is 1.86 bits per heavy atom. The van der Waals surface area contributed by atoms with Gasteiger partial charge in [0.05, 0.1) is 6.54 Å². The maximum absolute atomic E-state index is 13.7. The molecule has 0 unspecified atom stereocenters. The fraction of sp³-hybridized carbons (Fsp3) is 0.333. The zero-order chi connectivity index (χ0) is 16.0. The van der Waals surface area contributed by atoms with Crippen LogP contribution >= 0.6 is 0 Å². The van der Waals surface area contributed by atoms with Crippen molar-refractivity contribution in [3.05, 3.63) is 29.8 Å². The molecule has 0 atom stereocenters. The molecule has 9 heteroatoms. The predicted molar refractivity (Wildman–Crippen MR) is 67.5 cm³/mol. The number of imide groups is 1. The van der Waals surface area contributed by atoms with E-state index in [9.17, 15) is 26.8 Å². The molecule has 1 N–H and O–H groups in total. The number of carbonyl (C=O) groups is 2. The quantitative estimate of drug-likeness (QED) is 0.800. The number of rotatable bonds is 2. The standard InChI is InChI=1S/C12H12F2N2O4S/c1-12(2)11(18)15-10(17)6-16(12)21(19,20)9-4-3-7(13)5-8(9)14/h3-5H,6H2,1-2H3,(H,15,17,18). The predicted octanol–water partition coefficient (Wildman–Crippen LogP) is 0.391. The van der Waals surface area contributed by atoms with E-state index in [1.54, 1.807) is 0 Å². The van der Waals surface area contributed by atoms with Gasteiger partial charge in [0.1, 0.15) is 22.1 Å². The highest BCUT2D eigenvalue weighted by molar-refractivity contribution is 7.89. The SMILES string of the molecule is CC1(C)C(=O)NC(=O)CN1S(=O)(=O)c1ccc(F)cc1F. The van der Waals surface area contributed by atoms with Crippen LogP contribution in [0, 0.1) is 11.6 Å². The molecule has 1 aliphatic rings. The molecule has 0 bridgehead atoms. The molecular formula is C12H12F2N2O4S. The molecule has 21 heavy (non-hydrogen) atoms. The summed E-state index contributed by atoms with van der Waals surface area (Å²) in [5.74, 6) is -3.85. The van der Waals surface area contributed by atoms with Crippen LogP contribution < -0.4 is 5.32 Å². The number of sulfonamides is 1. The lowest BCUT2D eigenvalue weighted by atomic mass is 10.0. The molecule has 1 heterocycles. The van der Waals surface area contributed by atoms with Crippen LogP contribution in [-0.4, -0.2) is 36.6 Å². The molecule has 0 aromatic heterocycles. The molecule has 114 valence electrons. The summed E-state index contributed by atoms with van der Waals surface area (Å²) in [6.07, 6.45) is 0. The van der Waals surface area contributed by atoms with Crippen LogP contribution in [0.15, 0.2) is 23.1 Å². The van der Waals surface area contributed by atoms with Crippen molar-refractivity contribution < 1.29 is 26.8 Å². The number of hydrogen-bond acceptors (Lipinski definition) is 4. The Morgan fingerprint density at radius 1 is 1.24 bits per heavy atom. The minimum Gasteiger partial charge on any atom is -0.294 e. The van der Waals surface area contributed by atoms with E-state index in [1.165, 1.54) is 13.8 Å². The number of hydrogen-bond donors (Lipinski definition) is 1. The Hall–Kier alpha value is -1.87. The van der Waals surface area contributed by atoms with Crippen LogP contribution in [0.1, 0.15) is 13.8 Å². The van der Waals surface area contributed by atoms with E-state index < -0.39 is 50.5 Å². The first-order valence-electron chi connectivity index (χ1n) is 5.89. The number of nitrogens with one attached hydrogen (secondary N) is 1.